The Morgan fingerprint density at radius 3 is 2.68 bits per heavy atom. The first-order chi connectivity index (χ1) is 8.99. The van der Waals surface area contributed by atoms with Gasteiger partial charge < -0.3 is 16.2 Å². The van der Waals surface area contributed by atoms with Gasteiger partial charge in [0.1, 0.15) is 5.82 Å². The summed E-state index contributed by atoms with van der Waals surface area (Å²) in [6.07, 6.45) is 1.94. The molecule has 0 spiro atoms. The van der Waals surface area contributed by atoms with E-state index in [9.17, 15) is 14.0 Å². The molecule has 1 amide bonds. The van der Waals surface area contributed by atoms with Crippen LogP contribution in [-0.4, -0.2) is 23.0 Å². The van der Waals surface area contributed by atoms with Crippen LogP contribution in [0.25, 0.3) is 0 Å². The van der Waals surface area contributed by atoms with Gasteiger partial charge in [-0.1, -0.05) is 6.07 Å². The first kappa shape index (κ1) is 13.5. The summed E-state index contributed by atoms with van der Waals surface area (Å²) in [5.74, 6) is -2.69. The van der Waals surface area contributed by atoms with Gasteiger partial charge in [0.2, 0.25) is 5.91 Å². The Morgan fingerprint density at radius 1 is 1.37 bits per heavy atom. The number of benzene rings is 1. The van der Waals surface area contributed by atoms with E-state index in [4.69, 9.17) is 10.8 Å². The van der Waals surface area contributed by atoms with E-state index in [-0.39, 0.29) is 29.1 Å². The van der Waals surface area contributed by atoms with Crippen molar-refractivity contribution in [2.45, 2.75) is 25.3 Å². The van der Waals surface area contributed by atoms with Gasteiger partial charge in [-0.2, -0.15) is 0 Å². The number of carbonyl (C=O) groups excluding carboxylic acids is 1. The van der Waals surface area contributed by atoms with Gasteiger partial charge in [-0.25, -0.2) is 9.18 Å². The summed E-state index contributed by atoms with van der Waals surface area (Å²) in [5, 5.41) is 11.3. The molecule has 0 aliphatic heterocycles. The molecule has 19 heavy (non-hydrogen) atoms. The predicted octanol–water partition coefficient (Wildman–Crippen LogP) is 1.59. The van der Waals surface area contributed by atoms with E-state index >= 15 is 0 Å². The average molecular weight is 266 g/mol. The standard InChI is InChI=1S/C13H15FN2O3/c14-10-3-1-2-9(13(18)19)11(10)16-12(17)7-4-5-8(15)6-7/h1-3,7-8H,4-6,15H2,(H,16,17)(H,18,19). The van der Waals surface area contributed by atoms with Gasteiger partial charge in [0, 0.05) is 12.0 Å². The average Bonchev–Trinajstić information content (AvgIpc) is 2.78. The number of nitrogens with two attached hydrogens (primary N) is 1. The van der Waals surface area contributed by atoms with Crippen molar-refractivity contribution in [3.8, 4) is 0 Å². The Hall–Kier alpha value is -1.95. The van der Waals surface area contributed by atoms with E-state index < -0.39 is 11.8 Å². The summed E-state index contributed by atoms with van der Waals surface area (Å²) in [6.45, 7) is 0. The number of aromatic carboxylic acids is 1. The number of halogens is 1. The van der Waals surface area contributed by atoms with E-state index in [2.05, 4.69) is 5.32 Å². The van der Waals surface area contributed by atoms with Crippen molar-refractivity contribution in [2.75, 3.05) is 5.32 Å². The zero-order chi connectivity index (χ0) is 14.0. The maximum absolute atomic E-state index is 13.6. The molecule has 1 aromatic carbocycles. The lowest BCUT2D eigenvalue weighted by Crippen LogP contribution is -2.24. The molecule has 4 N–H and O–H groups in total. The molecule has 0 radical (unpaired) electrons. The van der Waals surface area contributed by atoms with Gasteiger partial charge in [0.15, 0.2) is 0 Å². The molecule has 1 aliphatic rings. The fourth-order valence-electron chi connectivity index (χ4n) is 2.31. The first-order valence-corrected chi connectivity index (χ1v) is 6.07. The van der Waals surface area contributed by atoms with E-state index in [1.807, 2.05) is 0 Å². The van der Waals surface area contributed by atoms with Gasteiger partial charge >= 0.3 is 5.97 Å². The van der Waals surface area contributed by atoms with Crippen LogP contribution in [0.15, 0.2) is 18.2 Å². The van der Waals surface area contributed by atoms with Crippen molar-refractivity contribution in [1.82, 2.24) is 0 Å². The zero-order valence-electron chi connectivity index (χ0n) is 10.2. The molecule has 6 heteroatoms. The van der Waals surface area contributed by atoms with Crippen LogP contribution < -0.4 is 11.1 Å². The molecule has 2 rings (SSSR count). The second kappa shape index (κ2) is 5.36. The van der Waals surface area contributed by atoms with Gasteiger partial charge in [-0.3, -0.25) is 4.79 Å². The van der Waals surface area contributed by atoms with Crippen molar-refractivity contribution in [1.29, 1.82) is 0 Å². The van der Waals surface area contributed by atoms with Crippen molar-refractivity contribution in [3.63, 3.8) is 0 Å². The highest BCUT2D eigenvalue weighted by Gasteiger charge is 2.29. The van der Waals surface area contributed by atoms with Gasteiger partial charge in [0.25, 0.3) is 0 Å². The third kappa shape index (κ3) is 2.90. The van der Waals surface area contributed by atoms with E-state index in [0.717, 1.165) is 12.5 Å². The summed E-state index contributed by atoms with van der Waals surface area (Å²) in [5.41, 5.74) is 5.18. The van der Waals surface area contributed by atoms with Crippen molar-refractivity contribution >= 4 is 17.6 Å². The highest BCUT2D eigenvalue weighted by atomic mass is 19.1. The third-order valence-electron chi connectivity index (χ3n) is 3.34. The third-order valence-corrected chi connectivity index (χ3v) is 3.34. The highest BCUT2D eigenvalue weighted by molar-refractivity contribution is 6.01. The molecule has 2 atom stereocenters. The van der Waals surface area contributed by atoms with Crippen LogP contribution in [0.1, 0.15) is 29.6 Å². The molecule has 1 aliphatic carbocycles. The molecule has 102 valence electrons. The SMILES string of the molecule is NC1CCC(C(=O)Nc2c(F)cccc2C(=O)O)C1. The lowest BCUT2D eigenvalue weighted by Gasteiger charge is -2.13. The molecule has 1 saturated carbocycles. The summed E-state index contributed by atoms with van der Waals surface area (Å²) in [7, 11) is 0. The lowest BCUT2D eigenvalue weighted by atomic mass is 10.1. The minimum absolute atomic E-state index is 0.0182. The van der Waals surface area contributed by atoms with Crippen LogP contribution in [0.5, 0.6) is 0 Å². The van der Waals surface area contributed by atoms with Gasteiger partial charge in [-0.05, 0) is 31.4 Å². The smallest absolute Gasteiger partial charge is 0.337 e. The molecule has 0 aromatic heterocycles. The molecular weight excluding hydrogens is 251 g/mol. The van der Waals surface area contributed by atoms with Crippen LogP contribution in [0.3, 0.4) is 0 Å². The molecule has 5 nitrogen and oxygen atoms in total. The maximum Gasteiger partial charge on any atom is 0.337 e. The number of amides is 1. The fraction of sp³-hybridized carbons (Fsp3) is 0.385. The van der Waals surface area contributed by atoms with Gasteiger partial charge in [-0.15, -0.1) is 0 Å². The Kier molecular flexibility index (Phi) is 3.80. The number of para-hydroxylation sites is 1. The van der Waals surface area contributed by atoms with E-state index in [1.165, 1.54) is 12.1 Å². The number of hydrogen-bond acceptors (Lipinski definition) is 3. The molecule has 1 fully saturated rings. The molecule has 1 aromatic rings. The number of carboxylic acids is 1. The van der Waals surface area contributed by atoms with Crippen molar-refractivity contribution in [3.05, 3.63) is 29.6 Å². The lowest BCUT2D eigenvalue weighted by molar-refractivity contribution is -0.119. The topological polar surface area (TPSA) is 92.4 Å². The second-order valence-corrected chi connectivity index (χ2v) is 4.73. The van der Waals surface area contributed by atoms with Crippen molar-refractivity contribution < 1.29 is 19.1 Å². The zero-order valence-corrected chi connectivity index (χ0v) is 10.2. The summed E-state index contributed by atoms with van der Waals surface area (Å²) in [4.78, 5) is 23.0. The Morgan fingerprint density at radius 2 is 2.11 bits per heavy atom. The normalized spacial score (nSPS) is 22.2. The first-order valence-electron chi connectivity index (χ1n) is 6.07. The Labute approximate surface area is 109 Å². The summed E-state index contributed by atoms with van der Waals surface area (Å²) in [6, 6.07) is 3.64. The van der Waals surface area contributed by atoms with Crippen molar-refractivity contribution in [2.24, 2.45) is 11.7 Å². The fourth-order valence-corrected chi connectivity index (χ4v) is 2.31. The number of anilines is 1. The predicted molar refractivity (Wildman–Crippen MR) is 67.3 cm³/mol. The molecule has 0 heterocycles. The number of carboxylic acid groups (broad SMARTS) is 1. The van der Waals surface area contributed by atoms with Crippen LogP contribution in [0.4, 0.5) is 10.1 Å². The summed E-state index contributed by atoms with van der Waals surface area (Å²) < 4.78 is 13.6. The quantitative estimate of drug-likeness (QED) is 0.774. The number of rotatable bonds is 3. The van der Waals surface area contributed by atoms with E-state index in [1.54, 1.807) is 0 Å². The van der Waals surface area contributed by atoms with Crippen LogP contribution in [-0.2, 0) is 4.79 Å². The molecule has 2 unspecified atom stereocenters. The van der Waals surface area contributed by atoms with E-state index in [0.29, 0.717) is 12.8 Å². The molecule has 0 bridgehead atoms. The highest BCUT2D eigenvalue weighted by Crippen LogP contribution is 2.27. The number of carbonyl (C=O) groups is 2. The molecular formula is C13H15FN2O3. The minimum atomic E-state index is -1.28. The van der Waals surface area contributed by atoms with Crippen LogP contribution in [0.2, 0.25) is 0 Å². The van der Waals surface area contributed by atoms with Crippen LogP contribution in [0, 0.1) is 11.7 Å². The molecule has 0 saturated heterocycles. The largest absolute Gasteiger partial charge is 0.478 e. The van der Waals surface area contributed by atoms with Gasteiger partial charge in [0.05, 0.1) is 11.3 Å². The summed E-state index contributed by atoms with van der Waals surface area (Å²) >= 11 is 0. The van der Waals surface area contributed by atoms with Crippen LogP contribution >= 0.6 is 0 Å². The number of nitrogens with one attached hydrogen (secondary N) is 1. The Balaban J connectivity index is 2.19. The Bertz CT molecular complexity index is 519. The number of hydrogen-bond donors (Lipinski definition) is 3. The maximum atomic E-state index is 13.6. The monoisotopic (exact) mass is 266 g/mol. The minimum Gasteiger partial charge on any atom is -0.478 e. The second-order valence-electron chi connectivity index (χ2n) is 4.73.